The predicted octanol–water partition coefficient (Wildman–Crippen LogP) is -1.07. The predicted molar refractivity (Wildman–Crippen MR) is 35.5 cm³/mol. The van der Waals surface area contributed by atoms with E-state index in [0.29, 0.717) is 13.0 Å². The van der Waals surface area contributed by atoms with E-state index in [1.807, 2.05) is 14.1 Å². The number of hydrogen-bond donors (Lipinski definition) is 2. The van der Waals surface area contributed by atoms with Gasteiger partial charge in [-0.2, -0.15) is 0 Å². The molecule has 4 nitrogen and oxygen atoms in total. The van der Waals surface area contributed by atoms with Crippen LogP contribution in [0.5, 0.6) is 0 Å². The van der Waals surface area contributed by atoms with Gasteiger partial charge >= 0.3 is 0 Å². The molecule has 54 valence electrons. The minimum Gasteiger partial charge on any atom is -0.370 e. The quantitative estimate of drug-likeness (QED) is 0.477. The standard InChI is InChI=1S/C5H13N3O/c1-8(2)7-4-3-5(6)9/h7H,3-4H2,1-2H3,(H2,6,9). The topological polar surface area (TPSA) is 58.4 Å². The highest BCUT2D eigenvalue weighted by atomic mass is 16.1. The van der Waals surface area contributed by atoms with Crippen molar-refractivity contribution in [2.75, 3.05) is 20.6 Å². The maximum absolute atomic E-state index is 10.1. The van der Waals surface area contributed by atoms with E-state index in [4.69, 9.17) is 5.73 Å². The normalized spacial score (nSPS) is 10.1. The van der Waals surface area contributed by atoms with Crippen LogP contribution in [0, 0.1) is 0 Å². The summed E-state index contributed by atoms with van der Waals surface area (Å²) in [7, 11) is 3.72. The summed E-state index contributed by atoms with van der Waals surface area (Å²) in [4.78, 5) is 10.1. The van der Waals surface area contributed by atoms with Gasteiger partial charge < -0.3 is 5.73 Å². The molecule has 0 saturated heterocycles. The van der Waals surface area contributed by atoms with E-state index in [1.165, 1.54) is 0 Å². The summed E-state index contributed by atoms with van der Waals surface area (Å²) in [5, 5.41) is 1.78. The minimum atomic E-state index is -0.274. The van der Waals surface area contributed by atoms with E-state index in [9.17, 15) is 4.79 Å². The summed E-state index contributed by atoms with van der Waals surface area (Å²) in [6.07, 6.45) is 0.387. The van der Waals surface area contributed by atoms with Crippen LogP contribution in [-0.4, -0.2) is 31.6 Å². The lowest BCUT2D eigenvalue weighted by Gasteiger charge is -2.09. The monoisotopic (exact) mass is 131 g/mol. The van der Waals surface area contributed by atoms with Gasteiger partial charge in [-0.25, -0.2) is 0 Å². The van der Waals surface area contributed by atoms with Gasteiger partial charge in [-0.15, -0.1) is 0 Å². The second-order valence-corrected chi connectivity index (χ2v) is 2.02. The van der Waals surface area contributed by atoms with Gasteiger partial charge in [0.15, 0.2) is 0 Å². The third kappa shape index (κ3) is 7.39. The van der Waals surface area contributed by atoms with Crippen LogP contribution >= 0.6 is 0 Å². The largest absolute Gasteiger partial charge is 0.370 e. The molecule has 9 heavy (non-hydrogen) atoms. The number of primary amides is 1. The van der Waals surface area contributed by atoms with Crippen molar-refractivity contribution >= 4 is 5.91 Å². The van der Waals surface area contributed by atoms with Crippen molar-refractivity contribution in [2.24, 2.45) is 5.73 Å². The third-order valence-electron chi connectivity index (χ3n) is 0.799. The average Bonchev–Trinajstić information content (AvgIpc) is 1.63. The molecule has 0 saturated carbocycles. The number of rotatable bonds is 4. The van der Waals surface area contributed by atoms with Gasteiger partial charge in [0.1, 0.15) is 0 Å². The summed E-state index contributed by atoms with van der Waals surface area (Å²) in [5.41, 5.74) is 7.79. The van der Waals surface area contributed by atoms with Crippen LogP contribution in [0.1, 0.15) is 6.42 Å². The van der Waals surface area contributed by atoms with E-state index >= 15 is 0 Å². The number of nitrogens with zero attached hydrogens (tertiary/aromatic N) is 1. The number of nitrogens with one attached hydrogen (secondary N) is 1. The highest BCUT2D eigenvalue weighted by Gasteiger charge is 1.92. The first-order valence-corrected chi connectivity index (χ1v) is 2.82. The van der Waals surface area contributed by atoms with Crippen LogP contribution in [0.4, 0.5) is 0 Å². The number of nitrogens with two attached hydrogens (primary N) is 1. The molecule has 0 aliphatic rings. The first-order chi connectivity index (χ1) is 4.13. The third-order valence-corrected chi connectivity index (χ3v) is 0.799. The zero-order chi connectivity index (χ0) is 7.28. The minimum absolute atomic E-state index is 0.274. The molecule has 0 aromatic heterocycles. The zero-order valence-corrected chi connectivity index (χ0v) is 5.85. The van der Waals surface area contributed by atoms with Crippen LogP contribution in [0.3, 0.4) is 0 Å². The van der Waals surface area contributed by atoms with Gasteiger partial charge in [0.2, 0.25) is 5.91 Å². The number of carbonyl (C=O) groups is 1. The van der Waals surface area contributed by atoms with Crippen molar-refractivity contribution in [1.82, 2.24) is 10.4 Å². The SMILES string of the molecule is CN(C)NCCC(N)=O. The van der Waals surface area contributed by atoms with E-state index < -0.39 is 0 Å². The van der Waals surface area contributed by atoms with E-state index in [1.54, 1.807) is 5.01 Å². The Morgan fingerprint density at radius 3 is 2.56 bits per heavy atom. The van der Waals surface area contributed by atoms with Gasteiger partial charge in [-0.3, -0.25) is 15.2 Å². The average molecular weight is 131 g/mol. The van der Waals surface area contributed by atoms with E-state index in [0.717, 1.165) is 0 Å². The lowest BCUT2D eigenvalue weighted by molar-refractivity contribution is -0.118. The Hall–Kier alpha value is -0.610. The van der Waals surface area contributed by atoms with Crippen molar-refractivity contribution in [2.45, 2.75) is 6.42 Å². The lowest BCUT2D eigenvalue weighted by Crippen LogP contribution is -2.33. The van der Waals surface area contributed by atoms with Crippen LogP contribution in [0.25, 0.3) is 0 Å². The Morgan fingerprint density at radius 2 is 2.22 bits per heavy atom. The first kappa shape index (κ1) is 8.39. The molecule has 0 unspecified atom stereocenters. The molecule has 0 radical (unpaired) electrons. The van der Waals surface area contributed by atoms with Crippen LogP contribution in [-0.2, 0) is 4.79 Å². The van der Waals surface area contributed by atoms with Crippen molar-refractivity contribution in [3.8, 4) is 0 Å². The fourth-order valence-electron chi connectivity index (χ4n) is 0.403. The smallest absolute Gasteiger partial charge is 0.218 e. The summed E-state index contributed by atoms with van der Waals surface area (Å²) in [6, 6.07) is 0. The number of amides is 1. The molecule has 0 spiro atoms. The molecule has 4 heteroatoms. The molecule has 1 amide bonds. The lowest BCUT2D eigenvalue weighted by atomic mass is 10.4. The van der Waals surface area contributed by atoms with Crippen molar-refractivity contribution < 1.29 is 4.79 Å². The van der Waals surface area contributed by atoms with E-state index in [2.05, 4.69) is 5.43 Å². The fourth-order valence-corrected chi connectivity index (χ4v) is 0.403. The van der Waals surface area contributed by atoms with Gasteiger partial charge in [-0.05, 0) is 0 Å². The summed E-state index contributed by atoms with van der Waals surface area (Å²) in [5.74, 6) is -0.274. The van der Waals surface area contributed by atoms with Crippen LogP contribution in [0.2, 0.25) is 0 Å². The Bertz CT molecular complexity index is 92.2. The maximum Gasteiger partial charge on any atom is 0.218 e. The molecule has 0 aromatic rings. The van der Waals surface area contributed by atoms with E-state index in [-0.39, 0.29) is 5.91 Å². The van der Waals surface area contributed by atoms with Gasteiger partial charge in [0.25, 0.3) is 0 Å². The Labute approximate surface area is 55.0 Å². The maximum atomic E-state index is 10.1. The van der Waals surface area contributed by atoms with Crippen LogP contribution < -0.4 is 11.2 Å². The molecule has 0 rings (SSSR count). The van der Waals surface area contributed by atoms with Gasteiger partial charge in [0.05, 0.1) is 0 Å². The summed E-state index contributed by atoms with van der Waals surface area (Å²) in [6.45, 7) is 0.613. The molecular formula is C5H13N3O. The molecule has 0 heterocycles. The first-order valence-electron chi connectivity index (χ1n) is 2.82. The molecule has 3 N–H and O–H groups in total. The summed E-state index contributed by atoms with van der Waals surface area (Å²) >= 11 is 0. The number of carbonyl (C=O) groups excluding carboxylic acids is 1. The highest BCUT2D eigenvalue weighted by molar-refractivity contribution is 5.73. The molecule has 0 fully saturated rings. The van der Waals surface area contributed by atoms with Crippen molar-refractivity contribution in [3.05, 3.63) is 0 Å². The molecule has 0 atom stereocenters. The number of hydrogen-bond acceptors (Lipinski definition) is 3. The molecular weight excluding hydrogens is 118 g/mol. The molecule has 0 aliphatic carbocycles. The molecule has 0 aliphatic heterocycles. The fraction of sp³-hybridized carbons (Fsp3) is 0.800. The molecule has 0 aromatic carbocycles. The Kier molecular flexibility index (Phi) is 4.00. The Morgan fingerprint density at radius 1 is 1.67 bits per heavy atom. The summed E-state index contributed by atoms with van der Waals surface area (Å²) < 4.78 is 0. The van der Waals surface area contributed by atoms with Crippen molar-refractivity contribution in [3.63, 3.8) is 0 Å². The number of hydrazine groups is 1. The van der Waals surface area contributed by atoms with Crippen molar-refractivity contribution in [1.29, 1.82) is 0 Å². The highest BCUT2D eigenvalue weighted by Crippen LogP contribution is 1.72. The van der Waals surface area contributed by atoms with Crippen LogP contribution in [0.15, 0.2) is 0 Å². The second-order valence-electron chi connectivity index (χ2n) is 2.02. The zero-order valence-electron chi connectivity index (χ0n) is 5.85. The van der Waals surface area contributed by atoms with Gasteiger partial charge in [-0.1, -0.05) is 0 Å². The van der Waals surface area contributed by atoms with Gasteiger partial charge in [0, 0.05) is 27.1 Å². The Balaban J connectivity index is 3.01. The molecule has 0 bridgehead atoms. The second kappa shape index (κ2) is 4.29.